The highest BCUT2D eigenvalue weighted by Gasteiger charge is 2.15. The molecule has 3 nitrogen and oxygen atoms in total. The van der Waals surface area contributed by atoms with Gasteiger partial charge in [0.15, 0.2) is 0 Å². The molecule has 0 spiro atoms. The number of benzene rings is 1. The summed E-state index contributed by atoms with van der Waals surface area (Å²) in [7, 11) is 0. The topological polar surface area (TPSA) is 46.5 Å². The summed E-state index contributed by atoms with van der Waals surface area (Å²) in [4.78, 5) is 10.1. The summed E-state index contributed by atoms with van der Waals surface area (Å²) in [6.07, 6.45) is -1.98. The number of rotatable bonds is 4. The highest BCUT2D eigenvalue weighted by molar-refractivity contribution is 5.72. The molecule has 0 saturated heterocycles. The monoisotopic (exact) mass is 198 g/mol. The Balaban J connectivity index is 2.46. The minimum absolute atomic E-state index is 0.460. The second kappa shape index (κ2) is 4.60. The Bertz CT molecular complexity index is 308. The lowest BCUT2D eigenvalue weighted by Gasteiger charge is -2.06. The molecule has 1 N–H and O–H groups in total. The summed E-state index contributed by atoms with van der Waals surface area (Å²) in [5.41, 5.74) is 1.06. The van der Waals surface area contributed by atoms with Crippen molar-refractivity contribution in [2.75, 3.05) is 6.61 Å². The normalized spacial score (nSPS) is 12.1. The van der Waals surface area contributed by atoms with Gasteiger partial charge in [0.05, 0.1) is 0 Å². The van der Waals surface area contributed by atoms with Crippen molar-refractivity contribution < 1.29 is 19.0 Å². The van der Waals surface area contributed by atoms with Crippen LogP contribution in [0.25, 0.3) is 0 Å². The Morgan fingerprint density at radius 3 is 2.57 bits per heavy atom. The maximum atomic E-state index is 12.6. The number of aliphatic carboxylic acids is 1. The zero-order valence-corrected chi connectivity index (χ0v) is 7.74. The van der Waals surface area contributed by atoms with E-state index in [-0.39, 0.29) is 0 Å². The fourth-order valence-electron chi connectivity index (χ4n) is 0.875. The minimum atomic E-state index is -1.98. The fraction of sp³-hybridized carbons (Fsp3) is 0.300. The first kappa shape index (κ1) is 10.5. The maximum absolute atomic E-state index is 12.6. The number of aryl methyl sites for hydroxylation is 1. The average Bonchev–Trinajstić information content (AvgIpc) is 2.16. The van der Waals surface area contributed by atoms with E-state index in [0.29, 0.717) is 5.75 Å². The number of carboxylic acid groups (broad SMARTS) is 1. The lowest BCUT2D eigenvalue weighted by atomic mass is 10.2. The third-order valence-electron chi connectivity index (χ3n) is 1.69. The molecule has 1 atom stereocenters. The van der Waals surface area contributed by atoms with Crippen LogP contribution in [-0.4, -0.2) is 23.9 Å². The predicted molar refractivity (Wildman–Crippen MR) is 49.2 cm³/mol. The van der Waals surface area contributed by atoms with Crippen LogP contribution in [0.1, 0.15) is 5.56 Å². The zero-order chi connectivity index (χ0) is 10.6. The van der Waals surface area contributed by atoms with Crippen molar-refractivity contribution in [3.05, 3.63) is 29.8 Å². The van der Waals surface area contributed by atoms with E-state index < -0.39 is 18.7 Å². The third-order valence-corrected chi connectivity index (χ3v) is 1.69. The maximum Gasteiger partial charge on any atom is 0.341 e. The van der Waals surface area contributed by atoms with Crippen LogP contribution in [0.3, 0.4) is 0 Å². The zero-order valence-electron chi connectivity index (χ0n) is 7.74. The van der Waals surface area contributed by atoms with Crippen LogP contribution >= 0.6 is 0 Å². The van der Waals surface area contributed by atoms with E-state index in [1.165, 1.54) is 0 Å². The molecule has 14 heavy (non-hydrogen) atoms. The third kappa shape index (κ3) is 3.05. The molecule has 0 aliphatic rings. The van der Waals surface area contributed by atoms with Gasteiger partial charge in [0.2, 0.25) is 6.17 Å². The first-order valence-electron chi connectivity index (χ1n) is 4.16. The van der Waals surface area contributed by atoms with E-state index in [4.69, 9.17) is 9.84 Å². The van der Waals surface area contributed by atoms with Crippen molar-refractivity contribution in [1.29, 1.82) is 0 Å². The Morgan fingerprint density at radius 2 is 2.07 bits per heavy atom. The van der Waals surface area contributed by atoms with Crippen LogP contribution in [0, 0.1) is 6.92 Å². The summed E-state index contributed by atoms with van der Waals surface area (Å²) < 4.78 is 17.5. The molecule has 1 rings (SSSR count). The first-order valence-corrected chi connectivity index (χ1v) is 4.16. The van der Waals surface area contributed by atoms with Crippen molar-refractivity contribution >= 4 is 5.97 Å². The van der Waals surface area contributed by atoms with E-state index in [1.54, 1.807) is 12.1 Å². The van der Waals surface area contributed by atoms with Crippen molar-refractivity contribution in [3.8, 4) is 5.75 Å². The van der Waals surface area contributed by atoms with Crippen LogP contribution in [0.2, 0.25) is 0 Å². The van der Waals surface area contributed by atoms with Gasteiger partial charge >= 0.3 is 5.97 Å². The largest absolute Gasteiger partial charge is 0.490 e. The van der Waals surface area contributed by atoms with Crippen molar-refractivity contribution in [1.82, 2.24) is 0 Å². The number of ether oxygens (including phenoxy) is 1. The molecule has 0 aliphatic carbocycles. The molecule has 0 amide bonds. The Morgan fingerprint density at radius 1 is 1.50 bits per heavy atom. The van der Waals surface area contributed by atoms with Crippen molar-refractivity contribution in [2.45, 2.75) is 13.1 Å². The summed E-state index contributed by atoms with van der Waals surface area (Å²) in [5.74, 6) is -1.03. The Labute approximate surface area is 81.1 Å². The highest BCUT2D eigenvalue weighted by Crippen LogP contribution is 2.11. The first-order chi connectivity index (χ1) is 6.59. The number of hydrogen-bond acceptors (Lipinski definition) is 2. The molecule has 0 bridgehead atoms. The molecule has 0 radical (unpaired) electrons. The van der Waals surface area contributed by atoms with Gasteiger partial charge < -0.3 is 9.84 Å². The number of halogens is 1. The van der Waals surface area contributed by atoms with Gasteiger partial charge in [-0.25, -0.2) is 9.18 Å². The van der Waals surface area contributed by atoms with Gasteiger partial charge in [-0.15, -0.1) is 0 Å². The predicted octanol–water partition coefficient (Wildman–Crippen LogP) is 1.80. The number of carboxylic acids is 1. The summed E-state index contributed by atoms with van der Waals surface area (Å²) >= 11 is 0. The smallest absolute Gasteiger partial charge is 0.341 e. The lowest BCUT2D eigenvalue weighted by Crippen LogP contribution is -2.22. The molecule has 0 heterocycles. The number of alkyl halides is 1. The highest BCUT2D eigenvalue weighted by atomic mass is 19.1. The quantitative estimate of drug-likeness (QED) is 0.802. The summed E-state index contributed by atoms with van der Waals surface area (Å²) in [5, 5.41) is 8.25. The molecule has 0 aliphatic heterocycles. The average molecular weight is 198 g/mol. The second-order valence-electron chi connectivity index (χ2n) is 2.93. The summed E-state index contributed by atoms with van der Waals surface area (Å²) in [6.45, 7) is 1.46. The molecule has 4 heteroatoms. The Kier molecular flexibility index (Phi) is 3.45. The summed E-state index contributed by atoms with van der Waals surface area (Å²) in [6, 6.07) is 6.96. The molecular weight excluding hydrogens is 187 g/mol. The van der Waals surface area contributed by atoms with Gasteiger partial charge in [0, 0.05) is 0 Å². The second-order valence-corrected chi connectivity index (χ2v) is 2.93. The standard InChI is InChI=1S/C10H11FO3/c1-7-2-4-8(5-3-7)14-6-9(11)10(12)13/h2-5,9H,6H2,1H3,(H,12,13). The van der Waals surface area contributed by atoms with Crippen molar-refractivity contribution in [2.24, 2.45) is 0 Å². The molecule has 0 saturated carbocycles. The van der Waals surface area contributed by atoms with E-state index in [0.717, 1.165) is 5.56 Å². The van der Waals surface area contributed by atoms with Crippen LogP contribution in [0.5, 0.6) is 5.75 Å². The minimum Gasteiger partial charge on any atom is -0.490 e. The molecule has 1 aromatic rings. The van der Waals surface area contributed by atoms with E-state index in [2.05, 4.69) is 0 Å². The van der Waals surface area contributed by atoms with Crippen LogP contribution in [0.4, 0.5) is 4.39 Å². The van der Waals surface area contributed by atoms with Gasteiger partial charge in [0.25, 0.3) is 0 Å². The van der Waals surface area contributed by atoms with Crippen LogP contribution in [-0.2, 0) is 4.79 Å². The SMILES string of the molecule is Cc1ccc(OCC(F)C(=O)O)cc1. The lowest BCUT2D eigenvalue weighted by molar-refractivity contribution is -0.143. The van der Waals surface area contributed by atoms with Crippen LogP contribution in [0.15, 0.2) is 24.3 Å². The Hall–Kier alpha value is -1.58. The van der Waals surface area contributed by atoms with E-state index in [1.807, 2.05) is 19.1 Å². The fourth-order valence-corrected chi connectivity index (χ4v) is 0.875. The van der Waals surface area contributed by atoms with E-state index in [9.17, 15) is 9.18 Å². The van der Waals surface area contributed by atoms with Gasteiger partial charge in [-0.1, -0.05) is 17.7 Å². The molecule has 1 aromatic carbocycles. The van der Waals surface area contributed by atoms with Gasteiger partial charge in [-0.3, -0.25) is 0 Å². The van der Waals surface area contributed by atoms with Gasteiger partial charge in [-0.05, 0) is 19.1 Å². The molecule has 76 valence electrons. The molecular formula is C10H11FO3. The van der Waals surface area contributed by atoms with Gasteiger partial charge in [0.1, 0.15) is 12.4 Å². The van der Waals surface area contributed by atoms with Gasteiger partial charge in [-0.2, -0.15) is 0 Å². The number of hydrogen-bond donors (Lipinski definition) is 1. The molecule has 1 unspecified atom stereocenters. The number of carbonyl (C=O) groups is 1. The molecule has 0 fully saturated rings. The van der Waals surface area contributed by atoms with Crippen LogP contribution < -0.4 is 4.74 Å². The molecule has 0 aromatic heterocycles. The van der Waals surface area contributed by atoms with E-state index >= 15 is 0 Å². The van der Waals surface area contributed by atoms with Crippen molar-refractivity contribution in [3.63, 3.8) is 0 Å².